The second-order valence-electron chi connectivity index (χ2n) is 4.07. The Morgan fingerprint density at radius 3 is 2.89 bits per heavy atom. The molecule has 2 aromatic heterocycles. The van der Waals surface area contributed by atoms with Crippen molar-refractivity contribution in [1.82, 2.24) is 14.5 Å². The van der Waals surface area contributed by atoms with Gasteiger partial charge in [-0.05, 0) is 25.0 Å². The molecule has 2 aromatic rings. The predicted molar refractivity (Wildman–Crippen MR) is 77.6 cm³/mol. The Bertz CT molecular complexity index is 510. The smallest absolute Gasteiger partial charge is 0.224 e. The Balaban J connectivity index is 1.90. The Hall–Kier alpha value is -1.69. The van der Waals surface area contributed by atoms with Crippen molar-refractivity contribution in [3.05, 3.63) is 37.1 Å². The number of aromatic nitrogens is 3. The molecule has 100 valence electrons. The SMILES string of the molecule is O=C(CCCCBr)Nc1ccc(-n2ccnc2)nc1. The maximum absolute atomic E-state index is 11.6. The summed E-state index contributed by atoms with van der Waals surface area (Å²) in [5, 5.41) is 3.76. The zero-order valence-corrected chi connectivity index (χ0v) is 12.0. The van der Waals surface area contributed by atoms with Gasteiger partial charge in [-0.3, -0.25) is 9.36 Å². The van der Waals surface area contributed by atoms with E-state index in [4.69, 9.17) is 0 Å². The van der Waals surface area contributed by atoms with E-state index in [9.17, 15) is 4.79 Å². The highest BCUT2D eigenvalue weighted by molar-refractivity contribution is 9.09. The highest BCUT2D eigenvalue weighted by Crippen LogP contribution is 2.10. The lowest BCUT2D eigenvalue weighted by molar-refractivity contribution is -0.116. The van der Waals surface area contributed by atoms with E-state index in [0.29, 0.717) is 12.1 Å². The minimum Gasteiger partial charge on any atom is -0.325 e. The van der Waals surface area contributed by atoms with Crippen LogP contribution in [0.3, 0.4) is 0 Å². The molecule has 6 heteroatoms. The Morgan fingerprint density at radius 1 is 1.37 bits per heavy atom. The topological polar surface area (TPSA) is 59.8 Å². The van der Waals surface area contributed by atoms with Crippen LogP contribution in [0.2, 0.25) is 0 Å². The van der Waals surface area contributed by atoms with Crippen molar-refractivity contribution in [2.24, 2.45) is 0 Å². The van der Waals surface area contributed by atoms with Gasteiger partial charge in [0, 0.05) is 24.1 Å². The van der Waals surface area contributed by atoms with E-state index in [0.717, 1.165) is 24.0 Å². The Kier molecular flexibility index (Phi) is 5.09. The van der Waals surface area contributed by atoms with E-state index in [1.54, 1.807) is 18.7 Å². The first kappa shape index (κ1) is 13.7. The lowest BCUT2D eigenvalue weighted by Crippen LogP contribution is -2.11. The van der Waals surface area contributed by atoms with Gasteiger partial charge in [-0.1, -0.05) is 15.9 Å². The van der Waals surface area contributed by atoms with Crippen LogP contribution in [0.25, 0.3) is 5.82 Å². The zero-order chi connectivity index (χ0) is 13.5. The van der Waals surface area contributed by atoms with Crippen molar-refractivity contribution in [3.8, 4) is 5.82 Å². The first-order valence-corrected chi connectivity index (χ1v) is 7.22. The molecule has 2 heterocycles. The van der Waals surface area contributed by atoms with Crippen LogP contribution in [-0.4, -0.2) is 25.8 Å². The minimum absolute atomic E-state index is 0.0260. The van der Waals surface area contributed by atoms with Crippen molar-refractivity contribution in [3.63, 3.8) is 0 Å². The number of rotatable bonds is 6. The molecule has 0 saturated heterocycles. The molecule has 1 amide bonds. The number of unbranched alkanes of at least 4 members (excludes halogenated alkanes) is 1. The summed E-state index contributed by atoms with van der Waals surface area (Å²) in [7, 11) is 0. The van der Waals surface area contributed by atoms with Gasteiger partial charge in [0.1, 0.15) is 12.1 Å². The fraction of sp³-hybridized carbons (Fsp3) is 0.308. The molecule has 19 heavy (non-hydrogen) atoms. The molecule has 1 N–H and O–H groups in total. The van der Waals surface area contributed by atoms with Crippen LogP contribution in [-0.2, 0) is 4.79 Å². The molecular weight excluding hydrogens is 308 g/mol. The third kappa shape index (κ3) is 4.17. The van der Waals surface area contributed by atoms with Gasteiger partial charge < -0.3 is 5.32 Å². The highest BCUT2D eigenvalue weighted by Gasteiger charge is 2.03. The van der Waals surface area contributed by atoms with Gasteiger partial charge in [0.2, 0.25) is 5.91 Å². The van der Waals surface area contributed by atoms with Gasteiger partial charge in [0.05, 0.1) is 11.9 Å². The lowest BCUT2D eigenvalue weighted by atomic mass is 10.2. The summed E-state index contributed by atoms with van der Waals surface area (Å²) in [6.07, 6.45) is 9.28. The number of carbonyl (C=O) groups excluding carboxylic acids is 1. The maximum atomic E-state index is 11.6. The minimum atomic E-state index is 0.0260. The van der Waals surface area contributed by atoms with Crippen LogP contribution in [0.15, 0.2) is 37.1 Å². The summed E-state index contributed by atoms with van der Waals surface area (Å²) in [5.41, 5.74) is 0.715. The third-order valence-electron chi connectivity index (χ3n) is 2.59. The van der Waals surface area contributed by atoms with Gasteiger partial charge in [0.25, 0.3) is 0 Å². The molecule has 0 aliphatic rings. The molecule has 2 rings (SSSR count). The monoisotopic (exact) mass is 322 g/mol. The van der Waals surface area contributed by atoms with E-state index in [1.165, 1.54) is 0 Å². The van der Waals surface area contributed by atoms with E-state index in [1.807, 2.05) is 22.9 Å². The van der Waals surface area contributed by atoms with Crippen molar-refractivity contribution in [2.75, 3.05) is 10.6 Å². The summed E-state index contributed by atoms with van der Waals surface area (Å²) in [5.74, 6) is 0.799. The fourth-order valence-corrected chi connectivity index (χ4v) is 2.01. The second-order valence-corrected chi connectivity index (χ2v) is 4.86. The molecule has 5 nitrogen and oxygen atoms in total. The van der Waals surface area contributed by atoms with Crippen LogP contribution in [0.1, 0.15) is 19.3 Å². The summed E-state index contributed by atoms with van der Waals surface area (Å²) >= 11 is 3.34. The number of amides is 1. The van der Waals surface area contributed by atoms with Crippen LogP contribution in [0.4, 0.5) is 5.69 Å². The molecule has 0 fully saturated rings. The molecule has 0 saturated carbocycles. The molecule has 0 unspecified atom stereocenters. The average Bonchev–Trinajstić information content (AvgIpc) is 2.94. The number of anilines is 1. The third-order valence-corrected chi connectivity index (χ3v) is 3.15. The summed E-state index contributed by atoms with van der Waals surface area (Å²) in [4.78, 5) is 19.9. The van der Waals surface area contributed by atoms with Crippen LogP contribution in [0.5, 0.6) is 0 Å². The Labute approximate surface area is 120 Å². The molecule has 0 aliphatic heterocycles. The summed E-state index contributed by atoms with van der Waals surface area (Å²) in [6, 6.07) is 3.68. The van der Waals surface area contributed by atoms with Crippen LogP contribution < -0.4 is 5.32 Å². The number of imidazole rings is 1. The van der Waals surface area contributed by atoms with E-state index in [-0.39, 0.29) is 5.91 Å². The first-order valence-electron chi connectivity index (χ1n) is 6.10. The number of hydrogen-bond donors (Lipinski definition) is 1. The molecule has 0 aliphatic carbocycles. The molecule has 0 atom stereocenters. The van der Waals surface area contributed by atoms with Gasteiger partial charge in [-0.25, -0.2) is 9.97 Å². The van der Waals surface area contributed by atoms with Gasteiger partial charge in [-0.2, -0.15) is 0 Å². The van der Waals surface area contributed by atoms with Crippen LogP contribution in [0, 0.1) is 0 Å². The average molecular weight is 323 g/mol. The molecule has 0 radical (unpaired) electrons. The van der Waals surface area contributed by atoms with Gasteiger partial charge in [-0.15, -0.1) is 0 Å². The first-order chi connectivity index (χ1) is 9.29. The number of alkyl halides is 1. The van der Waals surface area contributed by atoms with Crippen molar-refractivity contribution < 1.29 is 4.79 Å². The highest BCUT2D eigenvalue weighted by atomic mass is 79.9. The van der Waals surface area contributed by atoms with Crippen molar-refractivity contribution >= 4 is 27.5 Å². The van der Waals surface area contributed by atoms with Crippen LogP contribution >= 0.6 is 15.9 Å². The molecular formula is C13H15BrN4O. The zero-order valence-electron chi connectivity index (χ0n) is 10.4. The maximum Gasteiger partial charge on any atom is 0.224 e. The lowest BCUT2D eigenvalue weighted by Gasteiger charge is -2.06. The molecule has 0 bridgehead atoms. The van der Waals surface area contributed by atoms with Gasteiger partial charge in [0.15, 0.2) is 0 Å². The number of nitrogens with zero attached hydrogens (tertiary/aromatic N) is 3. The Morgan fingerprint density at radius 2 is 2.26 bits per heavy atom. The van der Waals surface area contributed by atoms with Crippen molar-refractivity contribution in [1.29, 1.82) is 0 Å². The number of nitrogens with one attached hydrogen (secondary N) is 1. The molecule has 0 aromatic carbocycles. The number of pyridine rings is 1. The molecule has 0 spiro atoms. The quantitative estimate of drug-likeness (QED) is 0.657. The number of carbonyl (C=O) groups is 1. The van der Waals surface area contributed by atoms with E-state index >= 15 is 0 Å². The van der Waals surface area contributed by atoms with E-state index in [2.05, 4.69) is 31.2 Å². The largest absolute Gasteiger partial charge is 0.325 e. The summed E-state index contributed by atoms with van der Waals surface area (Å²) < 4.78 is 1.81. The normalized spacial score (nSPS) is 10.4. The van der Waals surface area contributed by atoms with Gasteiger partial charge >= 0.3 is 0 Å². The summed E-state index contributed by atoms with van der Waals surface area (Å²) in [6.45, 7) is 0. The van der Waals surface area contributed by atoms with Crippen molar-refractivity contribution in [2.45, 2.75) is 19.3 Å². The second kappa shape index (κ2) is 7.04. The standard InChI is InChI=1S/C13H15BrN4O/c14-6-2-1-3-13(19)17-11-4-5-12(16-9-11)18-8-7-15-10-18/h4-5,7-10H,1-3,6H2,(H,17,19). The fourth-order valence-electron chi connectivity index (χ4n) is 1.61. The number of halogens is 1. The predicted octanol–water partition coefficient (Wildman–Crippen LogP) is 2.77. The van der Waals surface area contributed by atoms with E-state index < -0.39 is 0 Å². The number of hydrogen-bond acceptors (Lipinski definition) is 3.